The predicted molar refractivity (Wildman–Crippen MR) is 387 cm³/mol. The molecule has 0 aliphatic rings. The third kappa shape index (κ3) is 41.4. The number of unbranched alkanes of at least 4 members (excludes halogenated alkanes) is 48. The van der Waals surface area contributed by atoms with Crippen LogP contribution in [-0.4, -0.2) is 74.8 Å². The van der Waals surface area contributed by atoms with Gasteiger partial charge in [-0.05, 0) is 96.5 Å². The summed E-state index contributed by atoms with van der Waals surface area (Å²) in [5.41, 5.74) is 4.66. The first kappa shape index (κ1) is 83.9. The number of rotatable bonds is 58. The monoisotopic (exact) mass is 1390 g/mol. The van der Waals surface area contributed by atoms with Gasteiger partial charge >= 0.3 is 48.9 Å². The number of benzene rings is 4. The maximum atomic E-state index is 12.1. The van der Waals surface area contributed by atoms with Crippen molar-refractivity contribution in [1.82, 2.24) is 0 Å². The van der Waals surface area contributed by atoms with Crippen molar-refractivity contribution in [3.63, 3.8) is 0 Å². The smallest absolute Gasteiger partial charge is 0.744 e. The van der Waals surface area contributed by atoms with Gasteiger partial charge in [-0.1, -0.05) is 384 Å². The van der Waals surface area contributed by atoms with E-state index in [1.165, 1.54) is 331 Å². The number of fused-ring (bicyclic) bond motifs is 2. The van der Waals surface area contributed by atoms with Crippen LogP contribution in [0.1, 0.15) is 384 Å². The summed E-state index contributed by atoms with van der Waals surface area (Å²) in [6.45, 7) is 9.10. The molecule has 504 valence electrons. The average molecular weight is 1390 g/mol. The normalized spacial score (nSPS) is 11.8. The van der Waals surface area contributed by atoms with Crippen molar-refractivity contribution in [3.05, 3.63) is 82.9 Å². The Bertz CT molecular complexity index is 2370. The summed E-state index contributed by atoms with van der Waals surface area (Å²) in [7, 11) is -9.03. The average Bonchev–Trinajstić information content (AvgIpc) is 2.17. The topological polar surface area (TPSA) is 114 Å². The van der Waals surface area contributed by atoms with E-state index in [-0.39, 0.29) is 58.7 Å². The van der Waals surface area contributed by atoms with Gasteiger partial charge in [-0.25, -0.2) is 16.8 Å². The van der Waals surface area contributed by atoms with Crippen molar-refractivity contribution in [1.29, 1.82) is 0 Å². The molecule has 0 saturated heterocycles. The Kier molecular flexibility index (Phi) is 52.8. The van der Waals surface area contributed by atoms with Crippen LogP contribution in [0.25, 0.3) is 21.5 Å². The van der Waals surface area contributed by atoms with Crippen LogP contribution in [0.2, 0.25) is 0 Å². The van der Waals surface area contributed by atoms with Crippen molar-refractivity contribution in [2.75, 3.05) is 0 Å². The Morgan fingerprint density at radius 2 is 0.449 bits per heavy atom. The van der Waals surface area contributed by atoms with E-state index in [4.69, 9.17) is 0 Å². The van der Waals surface area contributed by atoms with E-state index < -0.39 is 20.2 Å². The van der Waals surface area contributed by atoms with Gasteiger partial charge in [-0.15, -0.1) is 0 Å². The largest absolute Gasteiger partial charge is 2.00 e. The molecule has 0 N–H and O–H groups in total. The fourth-order valence-electron chi connectivity index (χ4n) is 13.6. The summed E-state index contributed by atoms with van der Waals surface area (Å²) in [6.07, 6.45) is 72.9. The third-order valence-electron chi connectivity index (χ3n) is 18.9. The molecule has 0 aliphatic carbocycles. The van der Waals surface area contributed by atoms with Gasteiger partial charge in [-0.3, -0.25) is 0 Å². The molecule has 9 heteroatoms. The number of aryl methyl sites for hydroxylation is 4. The summed E-state index contributed by atoms with van der Waals surface area (Å²) in [5.74, 6) is 0. The molecule has 6 nitrogen and oxygen atoms in total. The minimum atomic E-state index is -4.51. The second-order valence-corrected chi connectivity index (χ2v) is 29.8. The fourth-order valence-corrected chi connectivity index (χ4v) is 15.0. The Balaban J connectivity index is 0.000000600. The summed E-state index contributed by atoms with van der Waals surface area (Å²) in [6, 6.07) is 19.0. The quantitative estimate of drug-likeness (QED) is 0.0247. The molecular formula is C80H134BaO6S2. The van der Waals surface area contributed by atoms with Crippen LogP contribution in [0, 0.1) is 0 Å². The molecule has 0 bridgehead atoms. The molecule has 0 atom stereocenters. The van der Waals surface area contributed by atoms with E-state index in [2.05, 4.69) is 52.0 Å². The molecule has 4 aromatic rings. The standard InChI is InChI=1S/2C40H68O3S.Ba/c2*1-3-5-7-9-11-13-15-17-19-21-23-25-27-30-36-34-37(40-38(35-36)32-29-33-39(40)44(41,42)43)31-28-26-24-22-20-18-16-14-12-10-8-6-4-2;/h2*29,32-35H,3-28,30-31H2,1-2H3,(H,41,42,43);/q;;+2/p-2. The van der Waals surface area contributed by atoms with Crippen molar-refractivity contribution in [2.24, 2.45) is 0 Å². The second kappa shape index (κ2) is 56.0. The molecule has 0 radical (unpaired) electrons. The van der Waals surface area contributed by atoms with Gasteiger partial charge < -0.3 is 9.11 Å². The maximum Gasteiger partial charge on any atom is 2.00 e. The summed E-state index contributed by atoms with van der Waals surface area (Å²) in [5, 5.41) is 3.13. The van der Waals surface area contributed by atoms with Crippen LogP contribution in [0.15, 0.2) is 70.5 Å². The Hall–Kier alpha value is -1.21. The predicted octanol–water partition coefficient (Wildman–Crippen LogP) is 25.6. The van der Waals surface area contributed by atoms with Crippen molar-refractivity contribution in [3.8, 4) is 0 Å². The number of hydrogen-bond donors (Lipinski definition) is 0. The van der Waals surface area contributed by atoms with Gasteiger partial charge in [-0.2, -0.15) is 0 Å². The molecule has 89 heavy (non-hydrogen) atoms. The fraction of sp³-hybridized carbons (Fsp3) is 0.750. The Morgan fingerprint density at radius 3 is 0.652 bits per heavy atom. The van der Waals surface area contributed by atoms with Crippen LogP contribution in [0.5, 0.6) is 0 Å². The van der Waals surface area contributed by atoms with Crippen LogP contribution in [0.4, 0.5) is 0 Å². The minimum absolute atomic E-state index is 0. The summed E-state index contributed by atoms with van der Waals surface area (Å²) >= 11 is 0. The van der Waals surface area contributed by atoms with Crippen molar-refractivity contribution in [2.45, 2.75) is 397 Å². The van der Waals surface area contributed by atoms with Gasteiger partial charge in [0.05, 0.1) is 9.79 Å². The van der Waals surface area contributed by atoms with Crippen LogP contribution >= 0.6 is 0 Å². The molecule has 0 saturated carbocycles. The van der Waals surface area contributed by atoms with E-state index in [1.807, 2.05) is 12.1 Å². The van der Waals surface area contributed by atoms with E-state index in [1.54, 1.807) is 12.1 Å². The van der Waals surface area contributed by atoms with E-state index in [0.717, 1.165) is 73.3 Å². The second-order valence-electron chi connectivity index (χ2n) is 27.1. The van der Waals surface area contributed by atoms with Gasteiger partial charge in [0.1, 0.15) is 20.2 Å². The zero-order chi connectivity index (χ0) is 63.4. The summed E-state index contributed by atoms with van der Waals surface area (Å²) < 4.78 is 72.8. The molecule has 0 aliphatic heterocycles. The Morgan fingerprint density at radius 1 is 0.258 bits per heavy atom. The molecule has 0 fully saturated rings. The van der Waals surface area contributed by atoms with Gasteiger partial charge in [0, 0.05) is 10.8 Å². The molecule has 4 rings (SSSR count). The molecule has 4 aromatic carbocycles. The van der Waals surface area contributed by atoms with Crippen molar-refractivity contribution < 1.29 is 25.9 Å². The summed E-state index contributed by atoms with van der Waals surface area (Å²) in [4.78, 5) is -0.0978. The molecule has 0 aromatic heterocycles. The van der Waals surface area contributed by atoms with Crippen LogP contribution in [0.3, 0.4) is 0 Å². The molecular weight excluding hydrogens is 1260 g/mol. The number of hydrogen-bond acceptors (Lipinski definition) is 6. The van der Waals surface area contributed by atoms with Crippen LogP contribution in [-0.2, 0) is 45.9 Å². The zero-order valence-electron chi connectivity index (χ0n) is 58.3. The third-order valence-corrected chi connectivity index (χ3v) is 20.7. The van der Waals surface area contributed by atoms with Crippen LogP contribution < -0.4 is 0 Å². The molecule has 0 heterocycles. The first-order chi connectivity index (χ1) is 42.9. The molecule has 0 amide bonds. The SMILES string of the molecule is CCCCCCCCCCCCCCCc1cc(CCCCCCCCCCCCCCC)c2c(S(=O)(=O)[O-])cccc2c1.CCCCCCCCCCCCCCCc1cc(CCCCCCCCCCCCCCC)c2c(S(=O)(=O)[O-])cccc2c1.[Ba+2]. The molecule has 0 unspecified atom stereocenters. The Labute approximate surface area is 591 Å². The molecule has 0 spiro atoms. The van der Waals surface area contributed by atoms with E-state index in [9.17, 15) is 25.9 Å². The van der Waals surface area contributed by atoms with Gasteiger partial charge in [0.15, 0.2) is 0 Å². The van der Waals surface area contributed by atoms with E-state index in [0.29, 0.717) is 10.8 Å². The van der Waals surface area contributed by atoms with Gasteiger partial charge in [0.2, 0.25) is 0 Å². The van der Waals surface area contributed by atoms with E-state index >= 15 is 0 Å². The van der Waals surface area contributed by atoms with Crippen molar-refractivity contribution >= 4 is 90.7 Å². The zero-order valence-corrected chi connectivity index (χ0v) is 64.4. The maximum absolute atomic E-state index is 12.1. The van der Waals surface area contributed by atoms with Gasteiger partial charge in [0.25, 0.3) is 0 Å². The first-order valence-electron chi connectivity index (χ1n) is 37.9. The first-order valence-corrected chi connectivity index (χ1v) is 40.8. The minimum Gasteiger partial charge on any atom is -0.744 e.